The van der Waals surface area contributed by atoms with Gasteiger partial charge in [0.2, 0.25) is 0 Å². The first-order valence-electron chi connectivity index (χ1n) is 14.1. The summed E-state index contributed by atoms with van der Waals surface area (Å²) < 4.78 is 12.6. The summed E-state index contributed by atoms with van der Waals surface area (Å²) in [4.78, 5) is 0. The molecule has 1 fully saturated rings. The third-order valence-electron chi connectivity index (χ3n) is 9.23. The Morgan fingerprint density at radius 3 is 1.57 bits per heavy atom. The predicted octanol–water partition coefficient (Wildman–Crippen LogP) is 8.02. The van der Waals surface area contributed by atoms with Crippen molar-refractivity contribution in [2.45, 2.75) is 44.3 Å². The zero-order chi connectivity index (χ0) is 27.5. The molecule has 1 aliphatic heterocycles. The zero-order valence-electron chi connectivity index (χ0n) is 23.5. The van der Waals surface area contributed by atoms with Crippen molar-refractivity contribution in [3.63, 3.8) is 0 Å². The molecule has 0 N–H and O–H groups in total. The maximum atomic E-state index is 6.28. The number of hydrogen-bond acceptors (Lipinski definition) is 2. The van der Waals surface area contributed by atoms with E-state index < -0.39 is 0 Å². The van der Waals surface area contributed by atoms with Crippen molar-refractivity contribution < 1.29 is 9.31 Å². The zero-order valence-corrected chi connectivity index (χ0v) is 23.5. The molecule has 0 saturated carbocycles. The summed E-state index contributed by atoms with van der Waals surface area (Å²) in [6.07, 6.45) is 0. The molecular formula is C37H33BO2. The number of fused-ring (bicyclic) bond motifs is 3. The van der Waals surface area contributed by atoms with E-state index in [0.717, 1.165) is 5.46 Å². The molecule has 0 spiro atoms. The first-order chi connectivity index (χ1) is 19.3. The Bertz CT molecular complexity index is 1630. The predicted molar refractivity (Wildman–Crippen MR) is 165 cm³/mol. The highest BCUT2D eigenvalue weighted by molar-refractivity contribution is 6.62. The molecule has 0 unspecified atom stereocenters. The molecule has 40 heavy (non-hydrogen) atoms. The van der Waals surface area contributed by atoms with Gasteiger partial charge in [-0.15, -0.1) is 0 Å². The van der Waals surface area contributed by atoms with Gasteiger partial charge in [0.05, 0.1) is 16.6 Å². The highest BCUT2D eigenvalue weighted by atomic mass is 16.7. The highest BCUT2D eigenvalue weighted by Crippen LogP contribution is 2.56. The van der Waals surface area contributed by atoms with E-state index in [1.54, 1.807) is 0 Å². The van der Waals surface area contributed by atoms with Gasteiger partial charge >= 0.3 is 7.12 Å². The minimum atomic E-state index is -0.367. The summed E-state index contributed by atoms with van der Waals surface area (Å²) in [7, 11) is -0.358. The van der Waals surface area contributed by atoms with Gasteiger partial charge in [-0.05, 0) is 83.7 Å². The van der Waals surface area contributed by atoms with Crippen LogP contribution in [0.25, 0.3) is 22.3 Å². The second kappa shape index (κ2) is 9.06. The van der Waals surface area contributed by atoms with Crippen molar-refractivity contribution in [2.24, 2.45) is 0 Å². The largest absolute Gasteiger partial charge is 0.494 e. The maximum Gasteiger partial charge on any atom is 0.494 e. The topological polar surface area (TPSA) is 18.5 Å². The van der Waals surface area contributed by atoms with E-state index in [1.807, 2.05) is 0 Å². The fraction of sp³-hybridized carbons (Fsp3) is 0.189. The summed E-state index contributed by atoms with van der Waals surface area (Å²) in [5, 5.41) is 0. The Hall–Kier alpha value is -3.92. The molecule has 7 rings (SSSR count). The van der Waals surface area contributed by atoms with Crippen LogP contribution in [0, 0.1) is 0 Å². The Morgan fingerprint density at radius 2 is 0.975 bits per heavy atom. The van der Waals surface area contributed by atoms with Crippen molar-refractivity contribution in [3.05, 3.63) is 150 Å². The monoisotopic (exact) mass is 520 g/mol. The Kier molecular flexibility index (Phi) is 5.68. The molecule has 0 atom stereocenters. The standard InChI is InChI=1S/C37H33BO2/c1-35(2)36(3,4)40-38(39-35)30-22-19-26(20-23-30)27-21-24-34-32(25-27)31-17-11-12-18-33(31)37(34,28-13-7-5-8-14-28)29-15-9-6-10-16-29/h5-25H,1-4H3. The number of hydrogen-bond donors (Lipinski definition) is 0. The molecule has 3 heteroatoms. The minimum absolute atomic E-state index is 0.353. The summed E-state index contributed by atoms with van der Waals surface area (Å²) in [5.74, 6) is 0. The van der Waals surface area contributed by atoms with Crippen LogP contribution in [0.15, 0.2) is 127 Å². The fourth-order valence-corrected chi connectivity index (χ4v) is 6.44. The molecule has 0 aromatic heterocycles. The number of rotatable bonds is 4. The Balaban J connectivity index is 1.34. The van der Waals surface area contributed by atoms with Gasteiger partial charge in [0.25, 0.3) is 0 Å². The van der Waals surface area contributed by atoms with Crippen LogP contribution in [0.3, 0.4) is 0 Å². The van der Waals surface area contributed by atoms with Gasteiger partial charge in [0.1, 0.15) is 0 Å². The van der Waals surface area contributed by atoms with Crippen molar-refractivity contribution in [1.29, 1.82) is 0 Å². The molecule has 5 aromatic carbocycles. The lowest BCUT2D eigenvalue weighted by Gasteiger charge is -2.33. The van der Waals surface area contributed by atoms with Crippen LogP contribution < -0.4 is 5.46 Å². The molecule has 0 radical (unpaired) electrons. The van der Waals surface area contributed by atoms with Crippen molar-refractivity contribution in [3.8, 4) is 22.3 Å². The molecule has 1 aliphatic carbocycles. The minimum Gasteiger partial charge on any atom is -0.399 e. The van der Waals surface area contributed by atoms with Gasteiger partial charge in [0, 0.05) is 0 Å². The first kappa shape index (κ1) is 25.1. The quantitative estimate of drug-likeness (QED) is 0.219. The van der Waals surface area contributed by atoms with Crippen molar-refractivity contribution >= 4 is 12.6 Å². The van der Waals surface area contributed by atoms with Crippen LogP contribution >= 0.6 is 0 Å². The van der Waals surface area contributed by atoms with Crippen LogP contribution in [-0.2, 0) is 14.7 Å². The van der Waals surface area contributed by atoms with E-state index in [0.29, 0.717) is 0 Å². The van der Waals surface area contributed by atoms with Crippen LogP contribution in [0.1, 0.15) is 49.9 Å². The highest BCUT2D eigenvalue weighted by Gasteiger charge is 2.51. The smallest absolute Gasteiger partial charge is 0.399 e. The lowest BCUT2D eigenvalue weighted by atomic mass is 9.67. The second-order valence-electron chi connectivity index (χ2n) is 12.0. The third kappa shape index (κ3) is 3.65. The number of benzene rings is 5. The third-order valence-corrected chi connectivity index (χ3v) is 9.23. The molecular weight excluding hydrogens is 487 g/mol. The molecule has 2 aliphatic rings. The van der Waals surface area contributed by atoms with Crippen LogP contribution in [0.2, 0.25) is 0 Å². The molecule has 1 saturated heterocycles. The maximum absolute atomic E-state index is 6.28. The molecule has 1 heterocycles. The van der Waals surface area contributed by atoms with E-state index in [4.69, 9.17) is 9.31 Å². The van der Waals surface area contributed by atoms with Gasteiger partial charge in [-0.1, -0.05) is 121 Å². The van der Waals surface area contributed by atoms with Crippen LogP contribution in [0.4, 0.5) is 0 Å². The van der Waals surface area contributed by atoms with Gasteiger partial charge in [-0.25, -0.2) is 0 Å². The van der Waals surface area contributed by atoms with E-state index >= 15 is 0 Å². The van der Waals surface area contributed by atoms with Gasteiger partial charge in [-0.2, -0.15) is 0 Å². The summed E-state index contributed by atoms with van der Waals surface area (Å²) in [5.41, 5.74) is 10.1. The van der Waals surface area contributed by atoms with E-state index in [1.165, 1.54) is 44.5 Å². The first-order valence-corrected chi connectivity index (χ1v) is 14.1. The van der Waals surface area contributed by atoms with Crippen LogP contribution in [0.5, 0.6) is 0 Å². The summed E-state index contributed by atoms with van der Waals surface area (Å²) in [6.45, 7) is 8.37. The molecule has 0 bridgehead atoms. The van der Waals surface area contributed by atoms with Crippen molar-refractivity contribution in [2.75, 3.05) is 0 Å². The van der Waals surface area contributed by atoms with Crippen molar-refractivity contribution in [1.82, 2.24) is 0 Å². The Morgan fingerprint density at radius 1 is 0.475 bits per heavy atom. The average Bonchev–Trinajstić information content (AvgIpc) is 3.40. The Labute approximate surface area is 237 Å². The van der Waals surface area contributed by atoms with E-state index in [-0.39, 0.29) is 23.7 Å². The summed E-state index contributed by atoms with van der Waals surface area (Å²) in [6, 6.07) is 46.4. The molecule has 0 amide bonds. The SMILES string of the molecule is CC1(C)OB(c2ccc(-c3ccc4c(c3)-c3ccccc3C4(c3ccccc3)c3ccccc3)cc2)OC1(C)C. The van der Waals surface area contributed by atoms with Gasteiger partial charge in [0.15, 0.2) is 0 Å². The lowest BCUT2D eigenvalue weighted by molar-refractivity contribution is 0.00578. The van der Waals surface area contributed by atoms with Gasteiger partial charge in [-0.3, -0.25) is 0 Å². The van der Waals surface area contributed by atoms with Gasteiger partial charge < -0.3 is 9.31 Å². The lowest BCUT2D eigenvalue weighted by Crippen LogP contribution is -2.41. The molecule has 2 nitrogen and oxygen atoms in total. The van der Waals surface area contributed by atoms with Crippen LogP contribution in [-0.4, -0.2) is 18.3 Å². The summed E-state index contributed by atoms with van der Waals surface area (Å²) >= 11 is 0. The molecule has 196 valence electrons. The average molecular weight is 520 g/mol. The fourth-order valence-electron chi connectivity index (χ4n) is 6.44. The normalized spacial score (nSPS) is 17.9. The van der Waals surface area contributed by atoms with E-state index in [2.05, 4.69) is 155 Å². The van der Waals surface area contributed by atoms with E-state index in [9.17, 15) is 0 Å². The second-order valence-corrected chi connectivity index (χ2v) is 12.0. The molecule has 5 aromatic rings.